The molecule has 20 heavy (non-hydrogen) atoms. The summed E-state index contributed by atoms with van der Waals surface area (Å²) < 4.78 is 0. The number of aromatic carboxylic acids is 1. The van der Waals surface area contributed by atoms with E-state index >= 15 is 0 Å². The van der Waals surface area contributed by atoms with Crippen LogP contribution in [0.1, 0.15) is 21.5 Å². The van der Waals surface area contributed by atoms with E-state index in [9.17, 15) is 4.79 Å². The summed E-state index contributed by atoms with van der Waals surface area (Å²) in [6.07, 6.45) is 1.45. The van der Waals surface area contributed by atoms with Crippen LogP contribution in [0.25, 0.3) is 0 Å². The van der Waals surface area contributed by atoms with Crippen LogP contribution < -0.4 is 10.6 Å². The van der Waals surface area contributed by atoms with Gasteiger partial charge in [-0.05, 0) is 43.2 Å². The van der Waals surface area contributed by atoms with Crippen molar-refractivity contribution >= 4 is 23.2 Å². The maximum atomic E-state index is 11.1. The first-order valence-electron chi connectivity index (χ1n) is 6.20. The Morgan fingerprint density at radius 3 is 2.40 bits per heavy atom. The van der Waals surface area contributed by atoms with E-state index in [0.29, 0.717) is 5.82 Å². The Balaban J connectivity index is 2.50. The van der Waals surface area contributed by atoms with Gasteiger partial charge in [0.2, 0.25) is 0 Å². The van der Waals surface area contributed by atoms with Gasteiger partial charge in [0.05, 0.1) is 11.3 Å². The average Bonchev–Trinajstić information content (AvgIpc) is 2.36. The molecule has 0 aliphatic heterocycles. The molecule has 0 aliphatic carbocycles. The van der Waals surface area contributed by atoms with Crippen molar-refractivity contribution in [2.45, 2.75) is 13.8 Å². The van der Waals surface area contributed by atoms with Gasteiger partial charge < -0.3 is 15.7 Å². The van der Waals surface area contributed by atoms with Gasteiger partial charge in [0.1, 0.15) is 0 Å². The highest BCUT2D eigenvalue weighted by atomic mass is 16.4. The van der Waals surface area contributed by atoms with Crippen LogP contribution in [0.2, 0.25) is 0 Å². The van der Waals surface area contributed by atoms with E-state index in [2.05, 4.69) is 11.1 Å². The van der Waals surface area contributed by atoms with Crippen molar-refractivity contribution < 1.29 is 9.90 Å². The number of carbonyl (C=O) groups is 1. The van der Waals surface area contributed by atoms with E-state index in [1.807, 2.05) is 33.0 Å². The number of carboxylic acids is 1. The highest BCUT2D eigenvalue weighted by Crippen LogP contribution is 2.30. The molecule has 0 amide bonds. The van der Waals surface area contributed by atoms with E-state index in [4.69, 9.17) is 10.8 Å². The van der Waals surface area contributed by atoms with Crippen molar-refractivity contribution in [3.63, 3.8) is 0 Å². The second kappa shape index (κ2) is 5.21. The van der Waals surface area contributed by atoms with Crippen LogP contribution in [0.3, 0.4) is 0 Å². The fraction of sp³-hybridized carbons (Fsp3) is 0.200. The molecule has 3 N–H and O–H groups in total. The Kier molecular flexibility index (Phi) is 3.61. The minimum atomic E-state index is -1.06. The molecule has 0 saturated heterocycles. The lowest BCUT2D eigenvalue weighted by atomic mass is 10.1. The van der Waals surface area contributed by atoms with Crippen molar-refractivity contribution in [1.82, 2.24) is 4.98 Å². The Morgan fingerprint density at radius 1 is 1.25 bits per heavy atom. The van der Waals surface area contributed by atoms with Gasteiger partial charge in [-0.1, -0.05) is 6.07 Å². The molecule has 0 unspecified atom stereocenters. The van der Waals surface area contributed by atoms with Gasteiger partial charge in [-0.3, -0.25) is 0 Å². The Bertz CT molecular complexity index is 648. The maximum Gasteiger partial charge on any atom is 0.337 e. The van der Waals surface area contributed by atoms with Crippen LogP contribution in [-0.4, -0.2) is 23.1 Å². The van der Waals surface area contributed by atoms with Gasteiger partial charge in [0, 0.05) is 18.9 Å². The molecule has 1 aromatic heterocycles. The van der Waals surface area contributed by atoms with Gasteiger partial charge >= 0.3 is 5.97 Å². The van der Waals surface area contributed by atoms with Crippen LogP contribution in [0.4, 0.5) is 17.2 Å². The van der Waals surface area contributed by atoms with E-state index in [1.54, 1.807) is 4.90 Å². The predicted molar refractivity (Wildman–Crippen MR) is 79.6 cm³/mol. The Morgan fingerprint density at radius 2 is 1.85 bits per heavy atom. The first-order chi connectivity index (χ1) is 9.40. The van der Waals surface area contributed by atoms with Crippen LogP contribution in [0.15, 0.2) is 30.5 Å². The number of nitrogen functional groups attached to an aromatic ring is 1. The largest absolute Gasteiger partial charge is 0.478 e. The topological polar surface area (TPSA) is 79.5 Å². The number of hydrogen-bond acceptors (Lipinski definition) is 4. The van der Waals surface area contributed by atoms with Crippen LogP contribution in [-0.2, 0) is 0 Å². The normalized spacial score (nSPS) is 10.3. The number of carboxylic acid groups (broad SMARTS) is 1. The summed E-state index contributed by atoms with van der Waals surface area (Å²) in [6.45, 7) is 4.02. The van der Waals surface area contributed by atoms with E-state index in [1.165, 1.54) is 12.3 Å². The van der Waals surface area contributed by atoms with Crippen molar-refractivity contribution in [3.05, 3.63) is 47.2 Å². The third kappa shape index (κ3) is 2.56. The van der Waals surface area contributed by atoms with E-state index in [0.717, 1.165) is 16.8 Å². The molecule has 0 saturated carbocycles. The standard InChI is InChI=1S/C15H17N3O2/c1-9-6-10(2)8-11(7-9)18(3)14-13(16)12(15(19)20)4-5-17-14/h4-8H,16H2,1-3H3,(H,19,20). The SMILES string of the molecule is Cc1cc(C)cc(N(C)c2nccc(C(=O)O)c2N)c1. The fourth-order valence-electron chi connectivity index (χ4n) is 2.18. The Labute approximate surface area is 117 Å². The lowest BCUT2D eigenvalue weighted by molar-refractivity contribution is 0.0698. The van der Waals surface area contributed by atoms with Crippen molar-refractivity contribution in [2.75, 3.05) is 17.7 Å². The zero-order valence-electron chi connectivity index (χ0n) is 11.7. The summed E-state index contributed by atoms with van der Waals surface area (Å²) in [5.74, 6) is -0.616. The number of anilines is 3. The molecular weight excluding hydrogens is 254 g/mol. The summed E-state index contributed by atoms with van der Waals surface area (Å²) in [6, 6.07) is 7.47. The molecule has 0 aliphatic rings. The quantitative estimate of drug-likeness (QED) is 0.897. The minimum Gasteiger partial charge on any atom is -0.478 e. The minimum absolute atomic E-state index is 0.0613. The summed E-state index contributed by atoms with van der Waals surface area (Å²) >= 11 is 0. The zero-order chi connectivity index (χ0) is 14.9. The number of aryl methyl sites for hydroxylation is 2. The van der Waals surface area contributed by atoms with E-state index in [-0.39, 0.29) is 11.3 Å². The van der Waals surface area contributed by atoms with Gasteiger partial charge in [-0.2, -0.15) is 0 Å². The van der Waals surface area contributed by atoms with Gasteiger partial charge in [-0.25, -0.2) is 9.78 Å². The molecular formula is C15H17N3O2. The van der Waals surface area contributed by atoms with Crippen LogP contribution in [0.5, 0.6) is 0 Å². The molecule has 0 bridgehead atoms. The van der Waals surface area contributed by atoms with Gasteiger partial charge in [-0.15, -0.1) is 0 Å². The molecule has 0 spiro atoms. The van der Waals surface area contributed by atoms with Crippen molar-refractivity contribution in [3.8, 4) is 0 Å². The molecule has 1 aromatic carbocycles. The molecule has 0 radical (unpaired) electrons. The van der Waals surface area contributed by atoms with Crippen molar-refractivity contribution in [2.24, 2.45) is 0 Å². The molecule has 1 heterocycles. The fourth-order valence-corrected chi connectivity index (χ4v) is 2.18. The third-order valence-corrected chi connectivity index (χ3v) is 3.11. The van der Waals surface area contributed by atoms with Gasteiger partial charge in [0.15, 0.2) is 5.82 Å². The number of nitrogens with two attached hydrogens (primary N) is 1. The van der Waals surface area contributed by atoms with Crippen molar-refractivity contribution in [1.29, 1.82) is 0 Å². The molecule has 0 fully saturated rings. The van der Waals surface area contributed by atoms with Gasteiger partial charge in [0.25, 0.3) is 0 Å². The molecule has 2 rings (SSSR count). The zero-order valence-corrected chi connectivity index (χ0v) is 11.7. The molecule has 104 valence electrons. The number of benzene rings is 1. The summed E-state index contributed by atoms with van der Waals surface area (Å²) in [4.78, 5) is 17.1. The lowest BCUT2D eigenvalue weighted by Crippen LogP contribution is -2.16. The molecule has 5 nitrogen and oxygen atoms in total. The highest BCUT2D eigenvalue weighted by Gasteiger charge is 2.16. The molecule has 5 heteroatoms. The number of pyridine rings is 1. The molecule has 2 aromatic rings. The van der Waals surface area contributed by atoms with Crippen LogP contribution in [0, 0.1) is 13.8 Å². The lowest BCUT2D eigenvalue weighted by Gasteiger charge is -2.21. The number of hydrogen-bond donors (Lipinski definition) is 2. The monoisotopic (exact) mass is 271 g/mol. The number of rotatable bonds is 3. The smallest absolute Gasteiger partial charge is 0.337 e. The maximum absolute atomic E-state index is 11.1. The first-order valence-corrected chi connectivity index (χ1v) is 6.20. The highest BCUT2D eigenvalue weighted by molar-refractivity contribution is 5.96. The third-order valence-electron chi connectivity index (χ3n) is 3.11. The predicted octanol–water partition coefficient (Wildman–Crippen LogP) is 2.75. The second-order valence-electron chi connectivity index (χ2n) is 4.81. The Hall–Kier alpha value is -2.56. The number of nitrogens with zero attached hydrogens (tertiary/aromatic N) is 2. The van der Waals surface area contributed by atoms with E-state index < -0.39 is 5.97 Å². The molecule has 0 atom stereocenters. The first kappa shape index (κ1) is 13.9. The average molecular weight is 271 g/mol. The summed E-state index contributed by atoms with van der Waals surface area (Å²) in [5, 5.41) is 9.10. The summed E-state index contributed by atoms with van der Waals surface area (Å²) in [5.41, 5.74) is 9.31. The second-order valence-corrected chi connectivity index (χ2v) is 4.81. The van der Waals surface area contributed by atoms with Crippen LogP contribution >= 0.6 is 0 Å². The summed E-state index contributed by atoms with van der Waals surface area (Å²) in [7, 11) is 1.82. The number of aromatic nitrogens is 1.